The van der Waals surface area contributed by atoms with Crippen molar-refractivity contribution >= 4 is 11.7 Å². The Morgan fingerprint density at radius 3 is 2.61 bits per heavy atom. The molecular weight excluding hydrogens is 234 g/mol. The normalized spacial score (nSPS) is 13.7. The zero-order valence-electron chi connectivity index (χ0n) is 11.0. The summed E-state index contributed by atoms with van der Waals surface area (Å²) in [6.07, 6.45) is 0. The van der Waals surface area contributed by atoms with Crippen molar-refractivity contribution in [3.8, 4) is 0 Å². The maximum Gasteiger partial charge on any atom is 0.270 e. The van der Waals surface area contributed by atoms with Crippen molar-refractivity contribution in [3.63, 3.8) is 0 Å². The number of carbonyl (C=O) groups excluding carboxylic acids is 1. The second kappa shape index (κ2) is 5.52. The summed E-state index contributed by atoms with van der Waals surface area (Å²) in [4.78, 5) is 12.0. The van der Waals surface area contributed by atoms with Crippen LogP contribution in [0.4, 0.5) is 0 Å². The minimum Gasteiger partial charge on any atom is -0.409 e. The smallest absolute Gasteiger partial charge is 0.270 e. The van der Waals surface area contributed by atoms with Crippen molar-refractivity contribution in [1.29, 1.82) is 0 Å². The number of nitrogens with one attached hydrogen (secondary N) is 1. The monoisotopic (exact) mass is 253 g/mol. The molecule has 1 heterocycles. The third-order valence-corrected chi connectivity index (χ3v) is 2.62. The Morgan fingerprint density at radius 2 is 2.22 bits per heavy atom. The average molecular weight is 253 g/mol. The zero-order valence-corrected chi connectivity index (χ0v) is 11.0. The molecular formula is C11H19N5O2. The Labute approximate surface area is 106 Å². The number of amides is 1. The van der Waals surface area contributed by atoms with Crippen molar-refractivity contribution in [2.24, 2.45) is 23.9 Å². The predicted molar refractivity (Wildman–Crippen MR) is 67.4 cm³/mol. The van der Waals surface area contributed by atoms with Crippen LogP contribution in [0.1, 0.15) is 30.0 Å². The van der Waals surface area contributed by atoms with Crippen LogP contribution in [0, 0.1) is 12.8 Å². The van der Waals surface area contributed by atoms with Crippen molar-refractivity contribution in [2.75, 3.05) is 0 Å². The van der Waals surface area contributed by atoms with Crippen molar-refractivity contribution < 1.29 is 10.0 Å². The molecule has 0 radical (unpaired) electrons. The molecule has 0 aliphatic carbocycles. The summed E-state index contributed by atoms with van der Waals surface area (Å²) in [6, 6.07) is 1.16. The number of carbonyl (C=O) groups is 1. The quantitative estimate of drug-likeness (QED) is 0.309. The third-order valence-electron chi connectivity index (χ3n) is 2.62. The van der Waals surface area contributed by atoms with Gasteiger partial charge in [0.2, 0.25) is 0 Å². The van der Waals surface area contributed by atoms with Crippen LogP contribution in [-0.2, 0) is 7.05 Å². The molecule has 1 unspecified atom stereocenters. The maximum absolute atomic E-state index is 12.0. The number of hydrogen-bond donors (Lipinski definition) is 3. The van der Waals surface area contributed by atoms with Gasteiger partial charge < -0.3 is 16.3 Å². The highest BCUT2D eigenvalue weighted by atomic mass is 16.4. The fourth-order valence-corrected chi connectivity index (χ4v) is 1.68. The molecule has 7 nitrogen and oxygen atoms in total. The number of rotatable bonds is 4. The molecule has 0 fully saturated rings. The van der Waals surface area contributed by atoms with Crippen molar-refractivity contribution in [3.05, 3.63) is 17.5 Å². The van der Waals surface area contributed by atoms with Gasteiger partial charge in [0.05, 0.1) is 11.7 Å². The molecule has 4 N–H and O–H groups in total. The molecule has 0 saturated heterocycles. The van der Waals surface area contributed by atoms with E-state index in [2.05, 4.69) is 15.6 Å². The summed E-state index contributed by atoms with van der Waals surface area (Å²) in [5.41, 5.74) is 6.74. The fraction of sp³-hybridized carbons (Fsp3) is 0.545. The highest BCUT2D eigenvalue weighted by Gasteiger charge is 2.22. The molecule has 1 rings (SSSR count). The van der Waals surface area contributed by atoms with E-state index in [1.807, 2.05) is 13.8 Å². The molecule has 0 aliphatic heterocycles. The molecule has 1 amide bonds. The molecule has 0 aromatic carbocycles. The molecule has 18 heavy (non-hydrogen) atoms. The number of nitrogens with zero attached hydrogens (tertiary/aromatic N) is 3. The number of aromatic nitrogens is 2. The van der Waals surface area contributed by atoms with Gasteiger partial charge in [-0.1, -0.05) is 19.0 Å². The van der Waals surface area contributed by atoms with E-state index >= 15 is 0 Å². The van der Waals surface area contributed by atoms with Gasteiger partial charge in [0.25, 0.3) is 5.91 Å². The zero-order chi connectivity index (χ0) is 13.9. The lowest BCUT2D eigenvalue weighted by molar-refractivity contribution is 0.0929. The minimum absolute atomic E-state index is 0.0131. The van der Waals surface area contributed by atoms with Crippen molar-refractivity contribution in [1.82, 2.24) is 15.1 Å². The molecule has 1 aromatic heterocycles. The van der Waals surface area contributed by atoms with Crippen LogP contribution < -0.4 is 11.1 Å². The molecule has 1 aromatic rings. The van der Waals surface area contributed by atoms with Gasteiger partial charge in [0, 0.05) is 7.05 Å². The van der Waals surface area contributed by atoms with Gasteiger partial charge in [-0.05, 0) is 18.9 Å². The van der Waals surface area contributed by atoms with Gasteiger partial charge in [-0.25, -0.2) is 0 Å². The minimum atomic E-state index is -0.516. The second-order valence-corrected chi connectivity index (χ2v) is 4.51. The predicted octanol–water partition coefficient (Wildman–Crippen LogP) is 0.229. The van der Waals surface area contributed by atoms with Gasteiger partial charge in [-0.3, -0.25) is 9.48 Å². The van der Waals surface area contributed by atoms with E-state index in [9.17, 15) is 4.79 Å². The van der Waals surface area contributed by atoms with Gasteiger partial charge in [0.15, 0.2) is 5.84 Å². The Balaban J connectivity index is 2.89. The van der Waals surface area contributed by atoms with Crippen LogP contribution >= 0.6 is 0 Å². The topological polar surface area (TPSA) is 106 Å². The fourth-order valence-electron chi connectivity index (χ4n) is 1.68. The molecule has 0 bridgehead atoms. The summed E-state index contributed by atoms with van der Waals surface area (Å²) in [6.45, 7) is 5.55. The average Bonchev–Trinajstić information content (AvgIpc) is 2.63. The molecule has 100 valence electrons. The molecule has 1 atom stereocenters. The highest BCUT2D eigenvalue weighted by Crippen LogP contribution is 2.06. The first-order valence-electron chi connectivity index (χ1n) is 5.65. The van der Waals surface area contributed by atoms with E-state index in [0.29, 0.717) is 5.69 Å². The number of hydrogen-bond acceptors (Lipinski definition) is 4. The Hall–Kier alpha value is -2.05. The van der Waals surface area contributed by atoms with E-state index in [-0.39, 0.29) is 17.7 Å². The highest BCUT2D eigenvalue weighted by molar-refractivity contribution is 5.97. The first-order chi connectivity index (χ1) is 8.36. The summed E-state index contributed by atoms with van der Waals surface area (Å²) < 4.78 is 1.49. The van der Waals surface area contributed by atoms with Gasteiger partial charge >= 0.3 is 0 Å². The van der Waals surface area contributed by atoms with E-state index in [1.54, 1.807) is 20.0 Å². The summed E-state index contributed by atoms with van der Waals surface area (Å²) in [5.74, 6) is -0.306. The van der Waals surface area contributed by atoms with Crippen LogP contribution in [-0.4, -0.2) is 32.8 Å². The first kappa shape index (κ1) is 14.0. The van der Waals surface area contributed by atoms with Crippen LogP contribution in [0.25, 0.3) is 0 Å². The first-order valence-corrected chi connectivity index (χ1v) is 5.65. The summed E-state index contributed by atoms with van der Waals surface area (Å²) >= 11 is 0. The van der Waals surface area contributed by atoms with E-state index in [0.717, 1.165) is 5.69 Å². The second-order valence-electron chi connectivity index (χ2n) is 4.51. The Morgan fingerprint density at radius 1 is 1.61 bits per heavy atom. The lowest BCUT2D eigenvalue weighted by atomic mass is 10.0. The Kier molecular flexibility index (Phi) is 4.30. The number of nitrogens with two attached hydrogens (primary N) is 1. The lowest BCUT2D eigenvalue weighted by Crippen LogP contribution is -2.48. The van der Waals surface area contributed by atoms with Crippen LogP contribution in [0.5, 0.6) is 0 Å². The van der Waals surface area contributed by atoms with E-state index in [4.69, 9.17) is 10.9 Å². The third kappa shape index (κ3) is 2.99. The molecule has 0 aliphatic rings. The van der Waals surface area contributed by atoms with Crippen molar-refractivity contribution in [2.45, 2.75) is 26.8 Å². The summed E-state index contributed by atoms with van der Waals surface area (Å²) in [7, 11) is 1.69. The van der Waals surface area contributed by atoms with E-state index in [1.165, 1.54) is 4.68 Å². The molecule has 0 saturated carbocycles. The Bertz CT molecular complexity index is 464. The lowest BCUT2D eigenvalue weighted by Gasteiger charge is -2.20. The molecule has 7 heteroatoms. The number of oxime groups is 1. The standard InChI is InChI=1S/C11H19N5O2/c1-6(2)9(10(12)15-18)13-11(17)8-5-7(3)14-16(8)4/h5-6,9,18H,1-4H3,(H2,12,15)(H,13,17). The van der Waals surface area contributed by atoms with E-state index < -0.39 is 6.04 Å². The number of amidine groups is 1. The van der Waals surface area contributed by atoms with Gasteiger partial charge in [-0.15, -0.1) is 0 Å². The summed E-state index contributed by atoms with van der Waals surface area (Å²) in [5, 5.41) is 18.4. The van der Waals surface area contributed by atoms with Gasteiger partial charge in [-0.2, -0.15) is 5.10 Å². The van der Waals surface area contributed by atoms with Gasteiger partial charge in [0.1, 0.15) is 5.69 Å². The maximum atomic E-state index is 12.0. The van der Waals surface area contributed by atoms with Crippen LogP contribution in [0.15, 0.2) is 11.2 Å². The number of aryl methyl sites for hydroxylation is 2. The largest absolute Gasteiger partial charge is 0.409 e. The van der Waals surface area contributed by atoms with Crippen LogP contribution in [0.2, 0.25) is 0 Å². The molecule has 0 spiro atoms. The van der Waals surface area contributed by atoms with Crippen LogP contribution in [0.3, 0.4) is 0 Å². The SMILES string of the molecule is Cc1cc(C(=O)NC(C(N)=NO)C(C)C)n(C)n1.